The molecule has 1 atom stereocenters. The van der Waals surface area contributed by atoms with Crippen LogP contribution < -0.4 is 5.32 Å². The second-order valence-corrected chi connectivity index (χ2v) is 5.32. The number of rotatable bonds is 5. The third-order valence-electron chi connectivity index (χ3n) is 2.65. The Morgan fingerprint density at radius 2 is 1.56 bits per heavy atom. The van der Waals surface area contributed by atoms with Crippen molar-refractivity contribution in [2.45, 2.75) is 59.3 Å². The summed E-state index contributed by atoms with van der Waals surface area (Å²) in [7, 11) is 4.14. The van der Waals surface area contributed by atoms with Crippen LogP contribution in [-0.4, -0.2) is 47.3 Å². The highest BCUT2D eigenvalue weighted by molar-refractivity contribution is 7.80. The minimum absolute atomic E-state index is 0.312. The smallest absolute Gasteiger partial charge is 0.170 e. The fourth-order valence-electron chi connectivity index (χ4n) is 1.88. The maximum Gasteiger partial charge on any atom is 0.170 e. The largest absolute Gasteiger partial charge is 0.347 e. The maximum atomic E-state index is 5.48. The monoisotopic (exact) mass is 245 g/mol. The molecule has 0 rings (SSSR count). The van der Waals surface area contributed by atoms with Crippen molar-refractivity contribution in [1.82, 2.24) is 15.1 Å². The van der Waals surface area contributed by atoms with Crippen LogP contribution in [0.25, 0.3) is 0 Å². The van der Waals surface area contributed by atoms with Gasteiger partial charge in [0.1, 0.15) is 0 Å². The number of hydrogen-bond donors (Lipinski definition) is 1. The highest BCUT2D eigenvalue weighted by Gasteiger charge is 2.19. The molecular weight excluding hydrogens is 218 g/mol. The van der Waals surface area contributed by atoms with E-state index in [1.165, 1.54) is 0 Å². The van der Waals surface area contributed by atoms with Crippen LogP contribution in [0.1, 0.15) is 41.0 Å². The predicted molar refractivity (Wildman–Crippen MR) is 75.6 cm³/mol. The molecule has 0 aliphatic carbocycles. The lowest BCUT2D eigenvalue weighted by molar-refractivity contribution is 0.238. The average molecular weight is 245 g/mol. The van der Waals surface area contributed by atoms with Gasteiger partial charge in [-0.15, -0.1) is 0 Å². The van der Waals surface area contributed by atoms with Gasteiger partial charge < -0.3 is 10.2 Å². The SMILES string of the molecule is CCC(NC(=S)N(C(C)C)C(C)C)N(C)C. The zero-order chi connectivity index (χ0) is 12.9. The Bertz CT molecular complexity index is 206. The quantitative estimate of drug-likeness (QED) is 0.591. The zero-order valence-corrected chi connectivity index (χ0v) is 12.6. The lowest BCUT2D eigenvalue weighted by Crippen LogP contribution is -2.53. The molecular formula is C12H27N3S. The molecule has 0 saturated carbocycles. The molecule has 3 nitrogen and oxygen atoms in total. The first-order chi connectivity index (χ1) is 7.31. The highest BCUT2D eigenvalue weighted by atomic mass is 32.1. The molecule has 0 aromatic heterocycles. The molecule has 0 aromatic rings. The van der Waals surface area contributed by atoms with Crippen LogP contribution in [-0.2, 0) is 0 Å². The van der Waals surface area contributed by atoms with Gasteiger partial charge in [-0.25, -0.2) is 0 Å². The highest BCUT2D eigenvalue weighted by Crippen LogP contribution is 2.07. The second-order valence-electron chi connectivity index (χ2n) is 4.93. The van der Waals surface area contributed by atoms with Crippen LogP contribution in [0.2, 0.25) is 0 Å². The van der Waals surface area contributed by atoms with Crippen molar-refractivity contribution in [2.75, 3.05) is 14.1 Å². The van der Waals surface area contributed by atoms with Crippen molar-refractivity contribution < 1.29 is 0 Å². The van der Waals surface area contributed by atoms with Crippen LogP contribution in [0.15, 0.2) is 0 Å². The standard InChI is InChI=1S/C12H27N3S/c1-8-11(14(6)7)13-12(16)15(9(2)3)10(4)5/h9-11H,8H2,1-7H3,(H,13,16). The summed E-state index contributed by atoms with van der Waals surface area (Å²) in [6, 6.07) is 0.860. The topological polar surface area (TPSA) is 18.5 Å². The fourth-order valence-corrected chi connectivity index (χ4v) is 2.44. The Kier molecular flexibility index (Phi) is 6.91. The molecule has 0 aliphatic heterocycles. The van der Waals surface area contributed by atoms with Gasteiger partial charge in [0, 0.05) is 12.1 Å². The van der Waals surface area contributed by atoms with Crippen molar-refractivity contribution in [2.24, 2.45) is 0 Å². The van der Waals surface area contributed by atoms with Gasteiger partial charge in [0.25, 0.3) is 0 Å². The van der Waals surface area contributed by atoms with E-state index in [-0.39, 0.29) is 0 Å². The van der Waals surface area contributed by atoms with E-state index < -0.39 is 0 Å². The van der Waals surface area contributed by atoms with Gasteiger partial charge in [-0.1, -0.05) is 6.92 Å². The first-order valence-corrected chi connectivity index (χ1v) is 6.47. The summed E-state index contributed by atoms with van der Waals surface area (Å²) in [5, 5.41) is 4.26. The summed E-state index contributed by atoms with van der Waals surface area (Å²) in [6.07, 6.45) is 1.35. The van der Waals surface area contributed by atoms with Crippen LogP contribution >= 0.6 is 12.2 Å². The zero-order valence-electron chi connectivity index (χ0n) is 11.7. The lowest BCUT2D eigenvalue weighted by Gasteiger charge is -2.36. The van der Waals surface area contributed by atoms with E-state index in [0.29, 0.717) is 18.2 Å². The number of hydrogen-bond acceptors (Lipinski definition) is 2. The summed E-state index contributed by atoms with van der Waals surface area (Å²) in [5.41, 5.74) is 0. The van der Waals surface area contributed by atoms with Gasteiger partial charge in [-0.3, -0.25) is 4.90 Å². The Labute approximate surface area is 106 Å². The van der Waals surface area contributed by atoms with Gasteiger partial charge in [0.15, 0.2) is 5.11 Å². The first-order valence-electron chi connectivity index (χ1n) is 6.06. The van der Waals surface area contributed by atoms with E-state index >= 15 is 0 Å². The van der Waals surface area contributed by atoms with Crippen molar-refractivity contribution in [3.63, 3.8) is 0 Å². The second kappa shape index (κ2) is 7.07. The van der Waals surface area contributed by atoms with Crippen LogP contribution in [0, 0.1) is 0 Å². The summed E-state index contributed by atoms with van der Waals surface area (Å²) >= 11 is 5.48. The normalized spacial score (nSPS) is 13.4. The molecule has 96 valence electrons. The van der Waals surface area contributed by atoms with Crippen LogP contribution in [0.3, 0.4) is 0 Å². The van der Waals surface area contributed by atoms with Crippen LogP contribution in [0.4, 0.5) is 0 Å². The molecule has 0 amide bonds. The molecule has 0 heterocycles. The molecule has 16 heavy (non-hydrogen) atoms. The van der Waals surface area contributed by atoms with Crippen LogP contribution in [0.5, 0.6) is 0 Å². The number of thiocarbonyl (C=S) groups is 1. The van der Waals surface area contributed by atoms with Crippen molar-refractivity contribution in [1.29, 1.82) is 0 Å². The van der Waals surface area contributed by atoms with E-state index in [9.17, 15) is 0 Å². The molecule has 0 aromatic carbocycles. The van der Waals surface area contributed by atoms with Gasteiger partial charge in [0.05, 0.1) is 6.17 Å². The van der Waals surface area contributed by atoms with Gasteiger partial charge >= 0.3 is 0 Å². The Morgan fingerprint density at radius 1 is 1.12 bits per heavy atom. The average Bonchev–Trinajstić information content (AvgIpc) is 2.12. The van der Waals surface area contributed by atoms with E-state index in [4.69, 9.17) is 12.2 Å². The Hall–Kier alpha value is -0.350. The molecule has 0 spiro atoms. The lowest BCUT2D eigenvalue weighted by atomic mass is 10.2. The minimum atomic E-state index is 0.312. The predicted octanol–water partition coefficient (Wildman–Crippen LogP) is 2.28. The third-order valence-corrected chi connectivity index (χ3v) is 2.98. The molecule has 1 unspecified atom stereocenters. The molecule has 0 radical (unpaired) electrons. The number of nitrogens with zero attached hydrogens (tertiary/aromatic N) is 2. The maximum absolute atomic E-state index is 5.48. The molecule has 1 N–H and O–H groups in total. The van der Waals surface area contributed by atoms with E-state index in [0.717, 1.165) is 11.5 Å². The Balaban J connectivity index is 4.52. The Morgan fingerprint density at radius 3 is 1.81 bits per heavy atom. The molecule has 4 heteroatoms. The molecule has 0 aliphatic rings. The van der Waals surface area contributed by atoms with Gasteiger partial charge in [-0.2, -0.15) is 0 Å². The van der Waals surface area contributed by atoms with E-state index in [2.05, 4.69) is 63.8 Å². The summed E-state index contributed by atoms with van der Waals surface area (Å²) < 4.78 is 0. The first kappa shape index (κ1) is 15.7. The van der Waals surface area contributed by atoms with E-state index in [1.807, 2.05) is 0 Å². The van der Waals surface area contributed by atoms with Crippen molar-refractivity contribution in [3.05, 3.63) is 0 Å². The van der Waals surface area contributed by atoms with Crippen molar-refractivity contribution >= 4 is 17.3 Å². The molecule has 0 fully saturated rings. The fraction of sp³-hybridized carbons (Fsp3) is 0.917. The van der Waals surface area contributed by atoms with Gasteiger partial charge in [0.2, 0.25) is 0 Å². The summed E-state index contributed by atoms with van der Waals surface area (Å²) in [6.45, 7) is 10.8. The minimum Gasteiger partial charge on any atom is -0.347 e. The summed E-state index contributed by atoms with van der Waals surface area (Å²) in [5.74, 6) is 0. The van der Waals surface area contributed by atoms with Gasteiger partial charge in [-0.05, 0) is 60.4 Å². The third kappa shape index (κ3) is 4.66. The summed E-state index contributed by atoms with van der Waals surface area (Å²) in [4.78, 5) is 4.40. The number of nitrogens with one attached hydrogen (secondary N) is 1. The molecule has 0 bridgehead atoms. The van der Waals surface area contributed by atoms with Crippen molar-refractivity contribution in [3.8, 4) is 0 Å². The molecule has 0 saturated heterocycles. The van der Waals surface area contributed by atoms with E-state index in [1.54, 1.807) is 0 Å².